The summed E-state index contributed by atoms with van der Waals surface area (Å²) in [6.45, 7) is 3.72. The highest BCUT2D eigenvalue weighted by Crippen LogP contribution is 2.28. The average molecular weight is 375 g/mol. The van der Waals surface area contributed by atoms with Crippen molar-refractivity contribution in [2.45, 2.75) is 44.7 Å². The number of halogens is 1. The predicted octanol–water partition coefficient (Wildman–Crippen LogP) is 2.58. The van der Waals surface area contributed by atoms with E-state index in [9.17, 15) is 4.79 Å². The summed E-state index contributed by atoms with van der Waals surface area (Å²) < 4.78 is 2.00. The molecule has 1 amide bonds. The normalized spacial score (nSPS) is 22.5. The maximum Gasteiger partial charge on any atom is 0.239 e. The molecular weight excluding hydrogens is 348 g/mol. The Bertz CT molecular complexity index is 774. The van der Waals surface area contributed by atoms with E-state index in [4.69, 9.17) is 5.10 Å². The number of benzene rings is 1. The van der Waals surface area contributed by atoms with Crippen LogP contribution in [0.4, 0.5) is 0 Å². The molecule has 0 spiro atoms. The quantitative estimate of drug-likeness (QED) is 0.879. The number of carbonyl (C=O) groups excluding carboxylic acids is 1. The van der Waals surface area contributed by atoms with Crippen LogP contribution in [0.25, 0.3) is 11.3 Å². The number of nitrogens with zero attached hydrogens (tertiary/aromatic N) is 3. The molecule has 0 aliphatic carbocycles. The zero-order valence-corrected chi connectivity index (χ0v) is 16.3. The Morgan fingerprint density at radius 2 is 1.88 bits per heavy atom. The second-order valence-corrected chi connectivity index (χ2v) is 7.29. The molecule has 0 unspecified atom stereocenters. The van der Waals surface area contributed by atoms with Gasteiger partial charge in [0.1, 0.15) is 0 Å². The largest absolute Gasteiger partial charge is 0.341 e. The second kappa shape index (κ2) is 7.80. The summed E-state index contributed by atoms with van der Waals surface area (Å²) >= 11 is 0. The molecular formula is C20H27ClN4O. The van der Waals surface area contributed by atoms with Crippen LogP contribution in [0.2, 0.25) is 0 Å². The number of nitrogens with one attached hydrogen (secondary N) is 1. The van der Waals surface area contributed by atoms with Crippen LogP contribution in [0.1, 0.15) is 31.0 Å². The first-order chi connectivity index (χ1) is 12.1. The first kappa shape index (κ1) is 18.9. The maximum absolute atomic E-state index is 12.9. The first-order valence-electron chi connectivity index (χ1n) is 9.28. The van der Waals surface area contributed by atoms with Gasteiger partial charge >= 0.3 is 0 Å². The molecule has 1 saturated heterocycles. The molecule has 5 nitrogen and oxygen atoms in total. The molecule has 0 saturated carbocycles. The highest BCUT2D eigenvalue weighted by molar-refractivity contribution is 5.85. The summed E-state index contributed by atoms with van der Waals surface area (Å²) in [5.41, 5.74) is 4.80. The lowest BCUT2D eigenvalue weighted by atomic mass is 10.0. The van der Waals surface area contributed by atoms with Crippen molar-refractivity contribution in [2.24, 2.45) is 7.05 Å². The summed E-state index contributed by atoms with van der Waals surface area (Å²) in [6.07, 6.45) is 3.80. The molecule has 3 heterocycles. The van der Waals surface area contributed by atoms with Gasteiger partial charge in [0, 0.05) is 49.4 Å². The standard InChI is InChI=1S/C20H26N4O.ClH/c1-14-8-9-17(21-14)20(25)24-12-10-16-18(11-13-24)23(2)22-19(16)15-6-4-3-5-7-15;/h3-7,14,17,21H,8-13H2,1-2H3;1H/t14-,17-;/m0./s1. The molecule has 2 aliphatic rings. The van der Waals surface area contributed by atoms with E-state index >= 15 is 0 Å². The van der Waals surface area contributed by atoms with Crippen molar-refractivity contribution in [1.82, 2.24) is 20.0 Å². The summed E-state index contributed by atoms with van der Waals surface area (Å²) in [7, 11) is 2.02. The van der Waals surface area contributed by atoms with Crippen LogP contribution >= 0.6 is 12.4 Å². The fraction of sp³-hybridized carbons (Fsp3) is 0.500. The van der Waals surface area contributed by atoms with Gasteiger partial charge in [-0.05, 0) is 26.2 Å². The van der Waals surface area contributed by atoms with E-state index in [1.54, 1.807) is 0 Å². The van der Waals surface area contributed by atoms with E-state index in [2.05, 4.69) is 36.5 Å². The van der Waals surface area contributed by atoms with Crippen LogP contribution in [-0.4, -0.2) is 45.8 Å². The van der Waals surface area contributed by atoms with Crippen LogP contribution in [0, 0.1) is 0 Å². The molecule has 140 valence electrons. The zero-order valence-electron chi connectivity index (χ0n) is 15.4. The van der Waals surface area contributed by atoms with Gasteiger partial charge in [-0.1, -0.05) is 30.3 Å². The Balaban J connectivity index is 0.00000196. The molecule has 1 fully saturated rings. The third-order valence-corrected chi connectivity index (χ3v) is 5.56. The number of aryl methyl sites for hydroxylation is 1. The highest BCUT2D eigenvalue weighted by Gasteiger charge is 2.32. The predicted molar refractivity (Wildman–Crippen MR) is 105 cm³/mol. The molecule has 26 heavy (non-hydrogen) atoms. The summed E-state index contributed by atoms with van der Waals surface area (Å²) in [6, 6.07) is 10.8. The van der Waals surface area contributed by atoms with Crippen LogP contribution < -0.4 is 5.32 Å². The van der Waals surface area contributed by atoms with E-state index in [1.165, 1.54) is 11.3 Å². The van der Waals surface area contributed by atoms with E-state index in [0.29, 0.717) is 6.04 Å². The molecule has 2 aliphatic heterocycles. The molecule has 1 aromatic carbocycles. The summed E-state index contributed by atoms with van der Waals surface area (Å²) in [5.74, 6) is 0.270. The minimum Gasteiger partial charge on any atom is -0.341 e. The second-order valence-electron chi connectivity index (χ2n) is 7.29. The number of rotatable bonds is 2. The monoisotopic (exact) mass is 374 g/mol. The van der Waals surface area contributed by atoms with Crippen molar-refractivity contribution in [3.63, 3.8) is 0 Å². The van der Waals surface area contributed by atoms with Gasteiger partial charge in [-0.25, -0.2) is 0 Å². The molecule has 1 N–H and O–H groups in total. The number of amides is 1. The third kappa shape index (κ3) is 3.51. The lowest BCUT2D eigenvalue weighted by Crippen LogP contribution is -2.45. The fourth-order valence-electron chi connectivity index (χ4n) is 4.17. The third-order valence-electron chi connectivity index (χ3n) is 5.56. The first-order valence-corrected chi connectivity index (χ1v) is 9.28. The van der Waals surface area contributed by atoms with Crippen molar-refractivity contribution in [3.05, 3.63) is 41.6 Å². The van der Waals surface area contributed by atoms with Crippen molar-refractivity contribution >= 4 is 18.3 Å². The van der Waals surface area contributed by atoms with Gasteiger partial charge in [0.15, 0.2) is 0 Å². The highest BCUT2D eigenvalue weighted by atomic mass is 35.5. The Morgan fingerprint density at radius 3 is 2.58 bits per heavy atom. The smallest absolute Gasteiger partial charge is 0.239 e. The molecule has 6 heteroatoms. The van der Waals surface area contributed by atoms with E-state index in [-0.39, 0.29) is 24.4 Å². The van der Waals surface area contributed by atoms with Gasteiger partial charge in [-0.2, -0.15) is 5.10 Å². The van der Waals surface area contributed by atoms with Crippen LogP contribution in [0.5, 0.6) is 0 Å². The van der Waals surface area contributed by atoms with Gasteiger partial charge in [0.25, 0.3) is 0 Å². The van der Waals surface area contributed by atoms with E-state index in [0.717, 1.165) is 50.0 Å². The molecule has 1 aromatic heterocycles. The summed E-state index contributed by atoms with van der Waals surface area (Å²) in [4.78, 5) is 14.9. The lowest BCUT2D eigenvalue weighted by molar-refractivity contribution is -0.133. The Labute approximate surface area is 161 Å². The van der Waals surface area contributed by atoms with Gasteiger partial charge < -0.3 is 10.2 Å². The lowest BCUT2D eigenvalue weighted by Gasteiger charge is -2.24. The molecule has 2 atom stereocenters. The zero-order chi connectivity index (χ0) is 17.4. The van der Waals surface area contributed by atoms with Gasteiger partial charge in [-0.3, -0.25) is 9.48 Å². The van der Waals surface area contributed by atoms with Crippen LogP contribution in [0.3, 0.4) is 0 Å². The van der Waals surface area contributed by atoms with E-state index in [1.807, 2.05) is 22.7 Å². The number of fused-ring (bicyclic) bond motifs is 1. The number of hydrogen-bond acceptors (Lipinski definition) is 3. The van der Waals surface area contributed by atoms with Crippen molar-refractivity contribution in [3.8, 4) is 11.3 Å². The number of hydrogen-bond donors (Lipinski definition) is 1. The Hall–Kier alpha value is -1.85. The van der Waals surface area contributed by atoms with Crippen LogP contribution in [0.15, 0.2) is 30.3 Å². The SMILES string of the molecule is C[C@H]1CC[C@@H](C(=O)N2CCc3c(-c4ccccc4)nn(C)c3CC2)N1.Cl. The van der Waals surface area contributed by atoms with Gasteiger partial charge in [0.05, 0.1) is 11.7 Å². The molecule has 4 rings (SSSR count). The molecule has 2 aromatic rings. The van der Waals surface area contributed by atoms with Gasteiger partial charge in [0.2, 0.25) is 5.91 Å². The minimum atomic E-state index is 0. The Morgan fingerprint density at radius 1 is 1.15 bits per heavy atom. The number of carbonyl (C=O) groups is 1. The van der Waals surface area contributed by atoms with Crippen LogP contribution in [-0.2, 0) is 24.7 Å². The van der Waals surface area contributed by atoms with Crippen molar-refractivity contribution in [2.75, 3.05) is 13.1 Å². The summed E-state index contributed by atoms with van der Waals surface area (Å²) in [5, 5.41) is 8.19. The minimum absolute atomic E-state index is 0. The van der Waals surface area contributed by atoms with Crippen molar-refractivity contribution < 1.29 is 4.79 Å². The molecule has 0 bridgehead atoms. The van der Waals surface area contributed by atoms with Crippen molar-refractivity contribution in [1.29, 1.82) is 0 Å². The van der Waals surface area contributed by atoms with E-state index < -0.39 is 0 Å². The number of aromatic nitrogens is 2. The maximum atomic E-state index is 12.9. The molecule has 0 radical (unpaired) electrons. The average Bonchev–Trinajstić information content (AvgIpc) is 3.11. The fourth-order valence-corrected chi connectivity index (χ4v) is 4.17. The topological polar surface area (TPSA) is 50.2 Å². The van der Waals surface area contributed by atoms with Gasteiger partial charge in [-0.15, -0.1) is 12.4 Å². The Kier molecular flexibility index (Phi) is 5.68.